The van der Waals surface area contributed by atoms with E-state index in [4.69, 9.17) is 4.52 Å². The first-order valence-electron chi connectivity index (χ1n) is 7.86. The lowest BCUT2D eigenvalue weighted by molar-refractivity contribution is -0.117. The Morgan fingerprint density at radius 1 is 1.35 bits per heavy atom. The van der Waals surface area contributed by atoms with Crippen molar-refractivity contribution in [1.82, 2.24) is 15.0 Å². The van der Waals surface area contributed by atoms with Crippen LogP contribution >= 0.6 is 11.3 Å². The largest absolute Gasteiger partial charge is 0.340 e. The SMILES string of the molecule is Cc1nc(C2CCCN2CC(=O)Nc2sc(C)c(C)c2C)no1. The van der Waals surface area contributed by atoms with Gasteiger partial charge in [-0.3, -0.25) is 9.69 Å². The van der Waals surface area contributed by atoms with Gasteiger partial charge in [0.25, 0.3) is 0 Å². The first-order chi connectivity index (χ1) is 11.0. The van der Waals surface area contributed by atoms with E-state index in [1.165, 1.54) is 10.4 Å². The van der Waals surface area contributed by atoms with Crippen molar-refractivity contribution in [2.24, 2.45) is 0 Å². The second-order valence-corrected chi connectivity index (χ2v) is 7.31. The zero-order chi connectivity index (χ0) is 16.6. The normalized spacial score (nSPS) is 18.5. The maximum Gasteiger partial charge on any atom is 0.239 e. The van der Waals surface area contributed by atoms with E-state index < -0.39 is 0 Å². The van der Waals surface area contributed by atoms with Gasteiger partial charge >= 0.3 is 0 Å². The van der Waals surface area contributed by atoms with E-state index in [0.717, 1.165) is 30.0 Å². The first kappa shape index (κ1) is 16.1. The standard InChI is InChI=1S/C16H22N4O2S/c1-9-10(2)16(23-11(9)3)18-14(21)8-20-7-5-6-13(20)15-17-12(4)22-19-15/h13H,5-8H2,1-4H3,(H,18,21). The van der Waals surface area contributed by atoms with Crippen LogP contribution in [-0.2, 0) is 4.79 Å². The summed E-state index contributed by atoms with van der Waals surface area (Å²) in [6.45, 7) is 9.24. The van der Waals surface area contributed by atoms with Crippen molar-refractivity contribution in [3.8, 4) is 0 Å². The van der Waals surface area contributed by atoms with Gasteiger partial charge in [0.2, 0.25) is 11.8 Å². The molecule has 0 aliphatic carbocycles. The Morgan fingerprint density at radius 3 is 2.74 bits per heavy atom. The van der Waals surface area contributed by atoms with Crippen LogP contribution in [0.5, 0.6) is 0 Å². The molecule has 1 aliphatic heterocycles. The second kappa shape index (κ2) is 6.41. The van der Waals surface area contributed by atoms with Crippen molar-refractivity contribution in [3.05, 3.63) is 27.7 Å². The molecule has 2 aromatic rings. The molecule has 0 spiro atoms. The molecule has 2 aromatic heterocycles. The highest BCUT2D eigenvalue weighted by Gasteiger charge is 2.31. The molecule has 3 heterocycles. The van der Waals surface area contributed by atoms with Crippen LogP contribution in [0.25, 0.3) is 0 Å². The number of rotatable bonds is 4. The van der Waals surface area contributed by atoms with Crippen LogP contribution in [0.15, 0.2) is 4.52 Å². The number of amides is 1. The van der Waals surface area contributed by atoms with Crippen molar-refractivity contribution >= 4 is 22.2 Å². The van der Waals surface area contributed by atoms with Crippen molar-refractivity contribution in [2.75, 3.05) is 18.4 Å². The van der Waals surface area contributed by atoms with E-state index in [9.17, 15) is 4.79 Å². The van der Waals surface area contributed by atoms with Crippen molar-refractivity contribution in [1.29, 1.82) is 0 Å². The highest BCUT2D eigenvalue weighted by molar-refractivity contribution is 7.16. The summed E-state index contributed by atoms with van der Waals surface area (Å²) in [5.74, 6) is 1.27. The lowest BCUT2D eigenvalue weighted by Crippen LogP contribution is -2.33. The van der Waals surface area contributed by atoms with Gasteiger partial charge in [-0.05, 0) is 51.3 Å². The monoisotopic (exact) mass is 334 g/mol. The maximum absolute atomic E-state index is 12.4. The Hall–Kier alpha value is -1.73. The summed E-state index contributed by atoms with van der Waals surface area (Å²) < 4.78 is 5.07. The third kappa shape index (κ3) is 3.30. The lowest BCUT2D eigenvalue weighted by Gasteiger charge is -2.21. The summed E-state index contributed by atoms with van der Waals surface area (Å²) in [7, 11) is 0. The van der Waals surface area contributed by atoms with E-state index >= 15 is 0 Å². The number of aromatic nitrogens is 2. The molecule has 0 bridgehead atoms. The molecule has 6 nitrogen and oxygen atoms in total. The predicted molar refractivity (Wildman–Crippen MR) is 89.7 cm³/mol. The van der Waals surface area contributed by atoms with Gasteiger partial charge in [-0.2, -0.15) is 4.98 Å². The number of likely N-dealkylation sites (tertiary alicyclic amines) is 1. The molecule has 7 heteroatoms. The van der Waals surface area contributed by atoms with Crippen molar-refractivity contribution < 1.29 is 9.32 Å². The Balaban J connectivity index is 1.66. The molecule has 0 saturated carbocycles. The lowest BCUT2D eigenvalue weighted by atomic mass is 10.2. The van der Waals surface area contributed by atoms with E-state index in [-0.39, 0.29) is 11.9 Å². The molecule has 1 fully saturated rings. The third-order valence-corrected chi connectivity index (χ3v) is 5.72. The number of anilines is 1. The number of nitrogens with zero attached hydrogens (tertiary/aromatic N) is 3. The Morgan fingerprint density at radius 2 is 2.13 bits per heavy atom. The average molecular weight is 334 g/mol. The number of hydrogen-bond donors (Lipinski definition) is 1. The fourth-order valence-electron chi connectivity index (χ4n) is 2.97. The molecule has 1 amide bonds. The van der Waals surface area contributed by atoms with Crippen LogP contribution < -0.4 is 5.32 Å². The van der Waals surface area contributed by atoms with Gasteiger partial charge in [0.05, 0.1) is 17.6 Å². The summed E-state index contributed by atoms with van der Waals surface area (Å²) >= 11 is 1.64. The summed E-state index contributed by atoms with van der Waals surface area (Å²) in [6.07, 6.45) is 2.00. The van der Waals surface area contributed by atoms with Gasteiger partial charge < -0.3 is 9.84 Å². The number of carbonyl (C=O) groups excluding carboxylic acids is 1. The molecule has 1 atom stereocenters. The molecule has 0 radical (unpaired) electrons. The summed E-state index contributed by atoms with van der Waals surface area (Å²) in [6, 6.07) is 0.0751. The first-order valence-corrected chi connectivity index (χ1v) is 8.68. The summed E-state index contributed by atoms with van der Waals surface area (Å²) in [5, 5.41) is 8.02. The number of hydrogen-bond acceptors (Lipinski definition) is 6. The van der Waals surface area contributed by atoms with Gasteiger partial charge in [-0.15, -0.1) is 11.3 Å². The minimum Gasteiger partial charge on any atom is -0.340 e. The Labute approximate surface area is 139 Å². The van der Waals surface area contributed by atoms with Gasteiger partial charge in [0, 0.05) is 11.8 Å². The molecule has 1 N–H and O–H groups in total. The molecule has 1 aliphatic rings. The van der Waals surface area contributed by atoms with E-state index in [1.807, 2.05) is 0 Å². The van der Waals surface area contributed by atoms with Crippen molar-refractivity contribution in [3.63, 3.8) is 0 Å². The van der Waals surface area contributed by atoms with E-state index in [0.29, 0.717) is 18.3 Å². The maximum atomic E-state index is 12.4. The Kier molecular flexibility index (Phi) is 4.50. The fourth-order valence-corrected chi connectivity index (χ4v) is 4.05. The van der Waals surface area contributed by atoms with Crippen LogP contribution in [0.2, 0.25) is 0 Å². The van der Waals surface area contributed by atoms with Gasteiger partial charge in [0.1, 0.15) is 0 Å². The molecule has 0 aromatic carbocycles. The van der Waals surface area contributed by atoms with Crippen LogP contribution in [0.1, 0.15) is 46.6 Å². The van der Waals surface area contributed by atoms with Crippen LogP contribution in [0.3, 0.4) is 0 Å². The van der Waals surface area contributed by atoms with Gasteiger partial charge in [0.15, 0.2) is 5.82 Å². The van der Waals surface area contributed by atoms with Crippen LogP contribution in [0, 0.1) is 27.7 Å². The van der Waals surface area contributed by atoms with Crippen molar-refractivity contribution in [2.45, 2.75) is 46.6 Å². The number of aryl methyl sites for hydroxylation is 2. The predicted octanol–water partition coefficient (Wildman–Crippen LogP) is 3.14. The topological polar surface area (TPSA) is 71.3 Å². The molecule has 1 saturated heterocycles. The highest BCUT2D eigenvalue weighted by atomic mass is 32.1. The molecular weight excluding hydrogens is 312 g/mol. The minimum atomic E-state index is 0.0152. The van der Waals surface area contributed by atoms with Gasteiger partial charge in [-0.1, -0.05) is 5.16 Å². The summed E-state index contributed by atoms with van der Waals surface area (Å²) in [5.41, 5.74) is 2.42. The molecule has 3 rings (SSSR count). The van der Waals surface area contributed by atoms with Crippen LogP contribution in [-0.4, -0.2) is 34.0 Å². The number of nitrogens with one attached hydrogen (secondary N) is 1. The molecule has 1 unspecified atom stereocenters. The smallest absolute Gasteiger partial charge is 0.239 e. The highest BCUT2D eigenvalue weighted by Crippen LogP contribution is 2.32. The molecule has 124 valence electrons. The summed E-state index contributed by atoms with van der Waals surface area (Å²) in [4.78, 5) is 20.1. The Bertz CT molecular complexity index is 722. The quantitative estimate of drug-likeness (QED) is 0.930. The number of carbonyl (C=O) groups is 1. The van der Waals surface area contributed by atoms with Crippen LogP contribution in [0.4, 0.5) is 5.00 Å². The van der Waals surface area contributed by atoms with E-state index in [2.05, 4.69) is 41.1 Å². The molecule has 23 heavy (non-hydrogen) atoms. The van der Waals surface area contributed by atoms with Gasteiger partial charge in [-0.25, -0.2) is 0 Å². The minimum absolute atomic E-state index is 0.0152. The number of thiophene rings is 1. The molecular formula is C16H22N4O2S. The second-order valence-electron chi connectivity index (χ2n) is 6.09. The average Bonchev–Trinajstić information content (AvgIpc) is 3.17. The zero-order valence-corrected chi connectivity index (χ0v) is 14.8. The van der Waals surface area contributed by atoms with E-state index in [1.54, 1.807) is 18.3 Å². The third-order valence-electron chi connectivity index (χ3n) is 4.49. The fraction of sp³-hybridized carbons (Fsp3) is 0.562. The zero-order valence-electron chi connectivity index (χ0n) is 14.0.